The summed E-state index contributed by atoms with van der Waals surface area (Å²) in [6, 6.07) is 0. The molecule has 3 heteroatoms. The van der Waals surface area contributed by atoms with Crippen molar-refractivity contribution in [3.63, 3.8) is 0 Å². The largest absolute Gasteiger partial charge is 0.466 e. The summed E-state index contributed by atoms with van der Waals surface area (Å²) in [5.41, 5.74) is 1.17. The van der Waals surface area contributed by atoms with Crippen LogP contribution in [0, 0.1) is 5.92 Å². The van der Waals surface area contributed by atoms with Gasteiger partial charge >= 0.3 is 5.97 Å². The van der Waals surface area contributed by atoms with Crippen LogP contribution in [0.5, 0.6) is 0 Å². The monoisotopic (exact) mass is 288 g/mol. The van der Waals surface area contributed by atoms with E-state index >= 15 is 0 Å². The van der Waals surface area contributed by atoms with E-state index in [1.165, 1.54) is 37.7 Å². The smallest absolute Gasteiger partial charge is 0.307 e. The van der Waals surface area contributed by atoms with Crippen LogP contribution in [-0.2, 0) is 9.53 Å². The molecule has 1 fully saturated rings. The zero-order chi connectivity index (χ0) is 12.0. The summed E-state index contributed by atoms with van der Waals surface area (Å²) in [6.45, 7) is 6.42. The molecule has 16 heavy (non-hydrogen) atoms. The molecule has 0 saturated heterocycles. The van der Waals surface area contributed by atoms with Gasteiger partial charge in [0.1, 0.15) is 0 Å². The van der Waals surface area contributed by atoms with E-state index in [2.05, 4.69) is 22.5 Å². The normalized spacial score (nSPS) is 19.1. The lowest BCUT2D eigenvalue weighted by Crippen LogP contribution is -2.19. The summed E-state index contributed by atoms with van der Waals surface area (Å²) in [4.78, 5) is 11.4. The fourth-order valence-corrected chi connectivity index (χ4v) is 2.86. The van der Waals surface area contributed by atoms with Gasteiger partial charge in [-0.25, -0.2) is 0 Å². The number of rotatable bonds is 5. The molecule has 1 unspecified atom stereocenters. The first-order chi connectivity index (χ1) is 7.65. The number of ether oxygens (including phenoxy) is 1. The summed E-state index contributed by atoms with van der Waals surface area (Å²) in [5.74, 6) is 0.453. The second kappa shape index (κ2) is 7.10. The minimum Gasteiger partial charge on any atom is -0.466 e. The molecule has 1 aliphatic carbocycles. The van der Waals surface area contributed by atoms with Crippen LogP contribution in [0.3, 0.4) is 0 Å². The molecule has 0 aromatic carbocycles. The molecular weight excluding hydrogens is 268 g/mol. The van der Waals surface area contributed by atoms with E-state index in [1.54, 1.807) is 0 Å². The molecule has 1 aliphatic rings. The van der Waals surface area contributed by atoms with Crippen molar-refractivity contribution < 1.29 is 9.53 Å². The van der Waals surface area contributed by atoms with Gasteiger partial charge in [-0.3, -0.25) is 4.79 Å². The highest BCUT2D eigenvalue weighted by Gasteiger charge is 2.23. The molecule has 0 spiro atoms. The molecule has 1 rings (SSSR count). The molecule has 0 aromatic heterocycles. The molecule has 0 bridgehead atoms. The van der Waals surface area contributed by atoms with Crippen LogP contribution in [-0.4, -0.2) is 17.4 Å². The third kappa shape index (κ3) is 4.28. The summed E-state index contributed by atoms with van der Waals surface area (Å²) < 4.78 is 4.94. The maximum atomic E-state index is 11.3. The summed E-state index contributed by atoms with van der Waals surface area (Å²) >= 11 is 3.55. The Morgan fingerprint density at radius 3 is 2.62 bits per heavy atom. The standard InChI is InChI=1S/C13H21BrO2/c1-3-16-13(15)9-12(14)10(2)11-7-5-4-6-8-11/h11-12H,2-9H2,1H3. The third-order valence-electron chi connectivity index (χ3n) is 3.18. The number of carbonyl (C=O) groups excluding carboxylic acids is 1. The van der Waals surface area contributed by atoms with Crippen LogP contribution < -0.4 is 0 Å². The van der Waals surface area contributed by atoms with Crippen molar-refractivity contribution in [2.75, 3.05) is 6.61 Å². The fraction of sp³-hybridized carbons (Fsp3) is 0.769. The highest BCUT2D eigenvalue weighted by molar-refractivity contribution is 9.09. The highest BCUT2D eigenvalue weighted by Crippen LogP contribution is 2.33. The van der Waals surface area contributed by atoms with Crippen molar-refractivity contribution in [2.45, 2.75) is 50.3 Å². The quantitative estimate of drug-likeness (QED) is 0.436. The van der Waals surface area contributed by atoms with E-state index in [0.29, 0.717) is 18.9 Å². The number of hydrogen-bond acceptors (Lipinski definition) is 2. The van der Waals surface area contributed by atoms with Crippen LogP contribution in [0.2, 0.25) is 0 Å². The Morgan fingerprint density at radius 2 is 2.06 bits per heavy atom. The number of alkyl halides is 1. The SMILES string of the molecule is C=C(C(Br)CC(=O)OCC)C1CCCCC1. The van der Waals surface area contributed by atoms with E-state index in [-0.39, 0.29) is 10.8 Å². The molecule has 92 valence electrons. The van der Waals surface area contributed by atoms with E-state index in [4.69, 9.17) is 4.74 Å². The van der Waals surface area contributed by atoms with Crippen molar-refractivity contribution in [2.24, 2.45) is 5.92 Å². The van der Waals surface area contributed by atoms with Gasteiger partial charge in [0, 0.05) is 4.83 Å². The second-order valence-electron chi connectivity index (χ2n) is 4.39. The van der Waals surface area contributed by atoms with Gasteiger partial charge < -0.3 is 4.74 Å². The van der Waals surface area contributed by atoms with Crippen LogP contribution >= 0.6 is 15.9 Å². The van der Waals surface area contributed by atoms with Gasteiger partial charge in [0.05, 0.1) is 13.0 Å². The van der Waals surface area contributed by atoms with Gasteiger partial charge in [-0.1, -0.05) is 47.3 Å². The van der Waals surface area contributed by atoms with Crippen molar-refractivity contribution in [1.82, 2.24) is 0 Å². The lowest BCUT2D eigenvalue weighted by Gasteiger charge is -2.26. The van der Waals surface area contributed by atoms with Gasteiger partial charge in [0.2, 0.25) is 0 Å². The Morgan fingerprint density at radius 1 is 1.44 bits per heavy atom. The molecule has 0 amide bonds. The molecule has 1 saturated carbocycles. The summed E-state index contributed by atoms with van der Waals surface area (Å²) in [7, 11) is 0. The number of allylic oxidation sites excluding steroid dienone is 1. The Labute approximate surface area is 107 Å². The minimum absolute atomic E-state index is 0.0784. The number of halogens is 1. The summed E-state index contributed by atoms with van der Waals surface area (Å²) in [6.07, 6.45) is 6.79. The van der Waals surface area contributed by atoms with Crippen LogP contribution in [0.25, 0.3) is 0 Å². The first-order valence-electron chi connectivity index (χ1n) is 6.13. The molecule has 2 nitrogen and oxygen atoms in total. The zero-order valence-corrected chi connectivity index (χ0v) is 11.6. The predicted molar refractivity (Wildman–Crippen MR) is 69.7 cm³/mol. The first kappa shape index (κ1) is 13.8. The molecule has 0 aromatic rings. The number of carbonyl (C=O) groups is 1. The fourth-order valence-electron chi connectivity index (χ4n) is 2.23. The first-order valence-corrected chi connectivity index (χ1v) is 7.05. The highest BCUT2D eigenvalue weighted by atomic mass is 79.9. The maximum Gasteiger partial charge on any atom is 0.307 e. The Balaban J connectivity index is 2.37. The minimum atomic E-state index is -0.138. The average molecular weight is 289 g/mol. The van der Waals surface area contributed by atoms with Crippen LogP contribution in [0.4, 0.5) is 0 Å². The lowest BCUT2D eigenvalue weighted by atomic mass is 9.83. The van der Waals surface area contributed by atoms with Gasteiger partial charge in [-0.15, -0.1) is 0 Å². The van der Waals surface area contributed by atoms with Crippen molar-refractivity contribution >= 4 is 21.9 Å². The van der Waals surface area contributed by atoms with E-state index in [1.807, 2.05) is 6.92 Å². The van der Waals surface area contributed by atoms with Gasteiger partial charge in [0.15, 0.2) is 0 Å². The van der Waals surface area contributed by atoms with Gasteiger partial charge in [0.25, 0.3) is 0 Å². The third-order valence-corrected chi connectivity index (χ3v) is 4.09. The molecule has 0 heterocycles. The second-order valence-corrected chi connectivity index (χ2v) is 5.49. The predicted octanol–water partition coefficient (Wildman–Crippen LogP) is 3.84. The maximum absolute atomic E-state index is 11.3. The Hall–Kier alpha value is -0.310. The summed E-state index contributed by atoms with van der Waals surface area (Å²) in [5, 5.41) is 0. The zero-order valence-electron chi connectivity index (χ0n) is 10.0. The van der Waals surface area contributed by atoms with Crippen LogP contribution in [0.15, 0.2) is 12.2 Å². The molecule has 0 N–H and O–H groups in total. The van der Waals surface area contributed by atoms with Crippen LogP contribution in [0.1, 0.15) is 45.4 Å². The van der Waals surface area contributed by atoms with Crippen molar-refractivity contribution in [1.29, 1.82) is 0 Å². The van der Waals surface area contributed by atoms with Gasteiger partial charge in [-0.2, -0.15) is 0 Å². The van der Waals surface area contributed by atoms with E-state index in [0.717, 1.165) is 0 Å². The van der Waals surface area contributed by atoms with Gasteiger partial charge in [-0.05, 0) is 25.7 Å². The van der Waals surface area contributed by atoms with Crippen molar-refractivity contribution in [3.05, 3.63) is 12.2 Å². The number of esters is 1. The topological polar surface area (TPSA) is 26.3 Å². The average Bonchev–Trinajstić information content (AvgIpc) is 2.29. The van der Waals surface area contributed by atoms with E-state index < -0.39 is 0 Å². The molecule has 0 aliphatic heterocycles. The Bertz CT molecular complexity index is 244. The Kier molecular flexibility index (Phi) is 6.10. The number of hydrogen-bond donors (Lipinski definition) is 0. The van der Waals surface area contributed by atoms with Crippen molar-refractivity contribution in [3.8, 4) is 0 Å². The molecule has 1 atom stereocenters. The van der Waals surface area contributed by atoms with E-state index in [9.17, 15) is 4.79 Å². The molecular formula is C13H21BrO2. The molecule has 0 radical (unpaired) electrons. The lowest BCUT2D eigenvalue weighted by molar-refractivity contribution is -0.142.